The van der Waals surface area contributed by atoms with E-state index >= 15 is 0 Å². The molecule has 0 radical (unpaired) electrons. The van der Waals surface area contributed by atoms with E-state index in [-0.39, 0.29) is 19.1 Å². The topological polar surface area (TPSA) is 60.8 Å². The smallest absolute Gasteiger partial charge is 0.223 e. The van der Waals surface area contributed by atoms with Gasteiger partial charge in [-0.05, 0) is 5.92 Å². The number of hydrogen-bond donors (Lipinski definition) is 2. The van der Waals surface area contributed by atoms with E-state index in [0.29, 0.717) is 18.9 Å². The van der Waals surface area contributed by atoms with E-state index in [2.05, 4.69) is 15.9 Å². The quantitative estimate of drug-likeness (QED) is 0.668. The van der Waals surface area contributed by atoms with Crippen molar-refractivity contribution in [1.29, 1.82) is 0 Å². The molecule has 5 heteroatoms. The van der Waals surface area contributed by atoms with E-state index < -0.39 is 6.04 Å². The fourth-order valence-electron chi connectivity index (χ4n) is 1.52. The van der Waals surface area contributed by atoms with Crippen LogP contribution in [0.3, 0.4) is 0 Å². The van der Waals surface area contributed by atoms with E-state index in [4.69, 9.17) is 10.2 Å². The van der Waals surface area contributed by atoms with Gasteiger partial charge < -0.3 is 15.1 Å². The second kappa shape index (κ2) is 4.93. The zero-order valence-corrected chi connectivity index (χ0v) is 8.90. The van der Waals surface area contributed by atoms with Crippen molar-refractivity contribution in [1.82, 2.24) is 4.90 Å². The van der Waals surface area contributed by atoms with Crippen molar-refractivity contribution in [2.75, 3.05) is 25.1 Å². The van der Waals surface area contributed by atoms with Crippen LogP contribution in [0.2, 0.25) is 0 Å². The Morgan fingerprint density at radius 1 is 1.54 bits per heavy atom. The van der Waals surface area contributed by atoms with Gasteiger partial charge in [0.05, 0.1) is 19.3 Å². The van der Waals surface area contributed by atoms with Crippen LogP contribution in [0.1, 0.15) is 6.42 Å². The number of hydrogen-bond acceptors (Lipinski definition) is 3. The number of halogens is 1. The monoisotopic (exact) mass is 251 g/mol. The summed E-state index contributed by atoms with van der Waals surface area (Å²) in [5.74, 6) is 0.339. The Hall–Kier alpha value is -0.130. The molecule has 13 heavy (non-hydrogen) atoms. The number of aliphatic hydroxyl groups is 2. The number of carbonyl (C=O) groups is 1. The Morgan fingerprint density at radius 3 is 2.54 bits per heavy atom. The Balaban J connectivity index is 2.55. The summed E-state index contributed by atoms with van der Waals surface area (Å²) in [7, 11) is 0. The Labute approximate surface area is 85.7 Å². The molecule has 1 amide bonds. The third-order valence-electron chi connectivity index (χ3n) is 2.32. The van der Waals surface area contributed by atoms with Crippen molar-refractivity contribution in [2.45, 2.75) is 12.5 Å². The van der Waals surface area contributed by atoms with Crippen molar-refractivity contribution in [3.05, 3.63) is 0 Å². The van der Waals surface area contributed by atoms with Crippen LogP contribution in [0.4, 0.5) is 0 Å². The normalized spacial score (nSPS) is 23.2. The van der Waals surface area contributed by atoms with E-state index in [1.54, 1.807) is 4.90 Å². The lowest BCUT2D eigenvalue weighted by Gasteiger charge is -2.24. The highest BCUT2D eigenvalue weighted by Gasteiger charge is 2.32. The van der Waals surface area contributed by atoms with Crippen molar-refractivity contribution in [2.24, 2.45) is 5.92 Å². The molecule has 0 aromatic heterocycles. The first-order valence-corrected chi connectivity index (χ1v) is 5.42. The molecule has 0 spiro atoms. The molecule has 1 rings (SSSR count). The number of nitrogens with zero attached hydrogens (tertiary/aromatic N) is 1. The molecule has 0 aromatic carbocycles. The molecule has 4 nitrogen and oxygen atoms in total. The Kier molecular flexibility index (Phi) is 4.15. The lowest BCUT2D eigenvalue weighted by Crippen LogP contribution is -2.41. The number of aliphatic hydroxyl groups excluding tert-OH is 2. The largest absolute Gasteiger partial charge is 0.394 e. The van der Waals surface area contributed by atoms with Gasteiger partial charge in [-0.1, -0.05) is 15.9 Å². The highest BCUT2D eigenvalue weighted by Crippen LogP contribution is 2.21. The molecule has 1 aliphatic rings. The Morgan fingerprint density at radius 2 is 2.15 bits per heavy atom. The van der Waals surface area contributed by atoms with Crippen molar-refractivity contribution < 1.29 is 15.0 Å². The summed E-state index contributed by atoms with van der Waals surface area (Å²) < 4.78 is 0. The minimum atomic E-state index is -0.420. The SMILES string of the molecule is O=C1CC(CBr)CN1C(CO)CO. The summed E-state index contributed by atoms with van der Waals surface area (Å²) in [5, 5.41) is 18.6. The van der Waals surface area contributed by atoms with Gasteiger partial charge in [0.25, 0.3) is 0 Å². The lowest BCUT2D eigenvalue weighted by molar-refractivity contribution is -0.131. The van der Waals surface area contributed by atoms with Crippen LogP contribution in [0.15, 0.2) is 0 Å². The van der Waals surface area contributed by atoms with E-state index in [1.165, 1.54) is 0 Å². The summed E-state index contributed by atoms with van der Waals surface area (Å²) in [6.45, 7) is 0.296. The van der Waals surface area contributed by atoms with Crippen LogP contribution in [-0.2, 0) is 4.79 Å². The lowest BCUT2D eigenvalue weighted by atomic mass is 10.2. The summed E-state index contributed by atoms with van der Waals surface area (Å²) >= 11 is 3.32. The van der Waals surface area contributed by atoms with Crippen LogP contribution >= 0.6 is 15.9 Å². The van der Waals surface area contributed by atoms with Gasteiger partial charge in [0.2, 0.25) is 5.91 Å². The first-order valence-electron chi connectivity index (χ1n) is 4.30. The first kappa shape index (κ1) is 10.9. The van der Waals surface area contributed by atoms with E-state index in [9.17, 15) is 4.79 Å². The van der Waals surface area contributed by atoms with Gasteiger partial charge in [0.1, 0.15) is 0 Å². The zero-order valence-electron chi connectivity index (χ0n) is 7.32. The van der Waals surface area contributed by atoms with Crippen LogP contribution in [0, 0.1) is 5.92 Å². The number of alkyl halides is 1. The molecule has 1 fully saturated rings. The predicted molar refractivity (Wildman–Crippen MR) is 51.6 cm³/mol. The first-order chi connectivity index (χ1) is 6.22. The molecule has 1 aliphatic heterocycles. The van der Waals surface area contributed by atoms with Crippen molar-refractivity contribution >= 4 is 21.8 Å². The van der Waals surface area contributed by atoms with Crippen LogP contribution < -0.4 is 0 Å². The fourth-order valence-corrected chi connectivity index (χ4v) is 1.95. The molecule has 1 unspecified atom stereocenters. The maximum atomic E-state index is 11.4. The van der Waals surface area contributed by atoms with Crippen molar-refractivity contribution in [3.63, 3.8) is 0 Å². The third kappa shape index (κ3) is 2.42. The molecular formula is C8H14BrNO3. The summed E-state index contributed by atoms with van der Waals surface area (Å²) in [4.78, 5) is 12.9. The number of carbonyl (C=O) groups excluding carboxylic acids is 1. The third-order valence-corrected chi connectivity index (χ3v) is 3.23. The molecule has 1 saturated heterocycles. The summed E-state index contributed by atoms with van der Waals surface area (Å²) in [6.07, 6.45) is 0.516. The average molecular weight is 252 g/mol. The molecular weight excluding hydrogens is 238 g/mol. The fraction of sp³-hybridized carbons (Fsp3) is 0.875. The van der Waals surface area contributed by atoms with E-state index in [0.717, 1.165) is 5.33 Å². The van der Waals surface area contributed by atoms with Gasteiger partial charge in [-0.3, -0.25) is 4.79 Å². The summed E-state index contributed by atoms with van der Waals surface area (Å²) in [5.41, 5.74) is 0. The van der Waals surface area contributed by atoms with Gasteiger partial charge in [-0.2, -0.15) is 0 Å². The number of rotatable bonds is 4. The van der Waals surface area contributed by atoms with Gasteiger partial charge in [-0.25, -0.2) is 0 Å². The second-order valence-electron chi connectivity index (χ2n) is 3.29. The van der Waals surface area contributed by atoms with Gasteiger partial charge in [0.15, 0.2) is 0 Å². The molecule has 76 valence electrons. The standard InChI is InChI=1S/C8H14BrNO3/c9-2-6-1-8(13)10(3-6)7(4-11)5-12/h6-7,11-12H,1-5H2. The highest BCUT2D eigenvalue weighted by molar-refractivity contribution is 9.09. The molecule has 0 aliphatic carbocycles. The molecule has 0 saturated carbocycles. The molecule has 2 N–H and O–H groups in total. The van der Waals surface area contributed by atoms with Crippen LogP contribution in [0.25, 0.3) is 0 Å². The summed E-state index contributed by atoms with van der Waals surface area (Å²) in [6, 6.07) is -0.420. The highest BCUT2D eigenvalue weighted by atomic mass is 79.9. The Bertz CT molecular complexity index is 184. The molecule has 0 aromatic rings. The van der Waals surface area contributed by atoms with Crippen LogP contribution in [0.5, 0.6) is 0 Å². The van der Waals surface area contributed by atoms with Gasteiger partial charge in [0, 0.05) is 18.3 Å². The number of amides is 1. The minimum Gasteiger partial charge on any atom is -0.394 e. The van der Waals surface area contributed by atoms with Crippen LogP contribution in [-0.4, -0.2) is 52.2 Å². The maximum Gasteiger partial charge on any atom is 0.223 e. The minimum absolute atomic E-state index is 0.0255. The second-order valence-corrected chi connectivity index (χ2v) is 3.94. The molecule has 1 atom stereocenters. The maximum absolute atomic E-state index is 11.4. The molecule has 1 heterocycles. The van der Waals surface area contributed by atoms with Gasteiger partial charge in [-0.15, -0.1) is 0 Å². The van der Waals surface area contributed by atoms with E-state index in [1.807, 2.05) is 0 Å². The number of likely N-dealkylation sites (tertiary alicyclic amines) is 1. The predicted octanol–water partition coefficient (Wildman–Crippen LogP) is -0.417. The molecule has 0 bridgehead atoms. The van der Waals surface area contributed by atoms with Gasteiger partial charge >= 0.3 is 0 Å². The van der Waals surface area contributed by atoms with Crippen molar-refractivity contribution in [3.8, 4) is 0 Å². The zero-order chi connectivity index (χ0) is 9.84. The average Bonchev–Trinajstić information content (AvgIpc) is 2.50.